The molecule has 0 amide bonds. The monoisotopic (exact) mass is 813 g/mol. The van der Waals surface area contributed by atoms with Gasteiger partial charge in [-0.25, -0.2) is 0 Å². The van der Waals surface area contributed by atoms with E-state index in [9.17, 15) is 0 Å². The smallest absolute Gasteiger partial charge is 0.147 e. The highest BCUT2D eigenvalue weighted by molar-refractivity contribution is 9.00. The van der Waals surface area contributed by atoms with E-state index in [2.05, 4.69) is 178 Å². The molecule has 55 heavy (non-hydrogen) atoms. The lowest BCUT2D eigenvalue weighted by molar-refractivity contribution is 0.586. The van der Waals surface area contributed by atoms with Gasteiger partial charge in [0.15, 0.2) is 0 Å². The SMILES string of the molecule is CCCCCCCCCCSP(=S)(SCCCCCCCCCC)N(c1ccc(C(C)(C)c2ccccc2)cc1)c1ccc(C(C)(C)c2ccccc2)cc1. The normalized spacial score (nSPS) is 12.3. The van der Waals surface area contributed by atoms with Crippen molar-refractivity contribution >= 4 is 50.5 Å². The van der Waals surface area contributed by atoms with Crippen molar-refractivity contribution in [1.29, 1.82) is 0 Å². The van der Waals surface area contributed by atoms with Crippen molar-refractivity contribution < 1.29 is 0 Å². The maximum atomic E-state index is 7.01. The number of nitrogens with zero attached hydrogens (tertiary/aromatic N) is 1. The largest absolute Gasteiger partial charge is 0.297 e. The fourth-order valence-corrected chi connectivity index (χ4v) is 17.9. The summed E-state index contributed by atoms with van der Waals surface area (Å²) in [6, 6.07) is 40.7. The van der Waals surface area contributed by atoms with E-state index in [-0.39, 0.29) is 10.8 Å². The molecule has 4 aromatic rings. The molecule has 0 N–H and O–H groups in total. The fraction of sp³-hybridized carbons (Fsp3) is 0.520. The van der Waals surface area contributed by atoms with E-state index in [0.717, 1.165) is 11.5 Å². The summed E-state index contributed by atoms with van der Waals surface area (Å²) in [6.45, 7) is 14.0. The Morgan fingerprint density at radius 2 is 0.709 bits per heavy atom. The van der Waals surface area contributed by atoms with Crippen molar-refractivity contribution in [2.75, 3.05) is 16.2 Å². The molecule has 0 unspecified atom stereocenters. The van der Waals surface area contributed by atoms with Crippen molar-refractivity contribution in [3.8, 4) is 0 Å². The van der Waals surface area contributed by atoms with Crippen molar-refractivity contribution in [2.24, 2.45) is 0 Å². The van der Waals surface area contributed by atoms with Gasteiger partial charge in [0.2, 0.25) is 0 Å². The van der Waals surface area contributed by atoms with Gasteiger partial charge in [0.1, 0.15) is 4.59 Å². The third-order valence-corrected chi connectivity index (χ3v) is 22.3. The Kier molecular flexibility index (Phi) is 20.0. The van der Waals surface area contributed by atoms with E-state index in [0.29, 0.717) is 0 Å². The Morgan fingerprint density at radius 1 is 0.418 bits per heavy atom. The van der Waals surface area contributed by atoms with Gasteiger partial charge < -0.3 is 0 Å². The Balaban J connectivity index is 1.62. The molecule has 0 fully saturated rings. The summed E-state index contributed by atoms with van der Waals surface area (Å²) >= 11 is 11.2. The van der Waals surface area contributed by atoms with Crippen molar-refractivity contribution in [3.63, 3.8) is 0 Å². The van der Waals surface area contributed by atoms with Crippen LogP contribution in [0.5, 0.6) is 0 Å². The van der Waals surface area contributed by atoms with E-state index in [4.69, 9.17) is 11.8 Å². The van der Waals surface area contributed by atoms with Gasteiger partial charge in [-0.05, 0) is 59.4 Å². The Hall–Kier alpha value is -1.97. The summed E-state index contributed by atoms with van der Waals surface area (Å²) in [7, 11) is 0. The molecule has 0 aliphatic rings. The standard InChI is InChI=1S/C50H72NPS3/c1-7-9-11-13-15-17-19-27-41-54-52(53,55-42-28-20-18-16-14-12-10-8-2)51(47-37-33-45(34-38-47)49(3,4)43-29-23-21-24-30-43)48-39-35-46(36-40-48)50(5,6)44-31-25-22-26-32-44/h21-26,29-40H,7-20,27-28,41-42H2,1-6H3. The zero-order valence-corrected chi connectivity index (χ0v) is 38.6. The first-order valence-corrected chi connectivity index (χ1v) is 27.6. The second kappa shape index (κ2) is 24.1. The molecule has 0 saturated carbocycles. The molecule has 0 heterocycles. The average molecular weight is 814 g/mol. The third kappa shape index (κ3) is 14.1. The van der Waals surface area contributed by atoms with Crippen LogP contribution in [-0.2, 0) is 22.6 Å². The molecule has 4 rings (SSSR count). The second-order valence-electron chi connectivity index (χ2n) is 16.5. The van der Waals surface area contributed by atoms with Gasteiger partial charge in [-0.15, -0.1) is 0 Å². The highest BCUT2D eigenvalue weighted by Crippen LogP contribution is 2.75. The topological polar surface area (TPSA) is 3.24 Å². The summed E-state index contributed by atoms with van der Waals surface area (Å²) in [4.78, 5) is 0. The zero-order valence-electron chi connectivity index (χ0n) is 35.2. The van der Waals surface area contributed by atoms with Crippen molar-refractivity contribution in [2.45, 2.75) is 155 Å². The zero-order chi connectivity index (χ0) is 39.4. The Bertz CT molecular complexity index is 1530. The summed E-state index contributed by atoms with van der Waals surface area (Å²) in [6.07, 6.45) is 21.5. The van der Waals surface area contributed by atoms with Crippen LogP contribution in [-0.4, -0.2) is 11.5 Å². The summed E-state index contributed by atoms with van der Waals surface area (Å²) in [5, 5.41) is 0. The van der Waals surface area contributed by atoms with Crippen LogP contribution in [0.15, 0.2) is 109 Å². The van der Waals surface area contributed by atoms with Gasteiger partial charge in [0.05, 0.1) is 0 Å². The van der Waals surface area contributed by atoms with E-state index < -0.39 is 4.59 Å². The minimum atomic E-state index is -2.14. The van der Waals surface area contributed by atoms with Crippen LogP contribution in [0.25, 0.3) is 0 Å². The number of benzene rings is 4. The maximum Gasteiger partial charge on any atom is 0.147 e. The molecule has 0 spiro atoms. The second-order valence-corrected chi connectivity index (χ2v) is 27.5. The van der Waals surface area contributed by atoms with Crippen LogP contribution in [0, 0.1) is 0 Å². The summed E-state index contributed by atoms with van der Waals surface area (Å²) < 4.78 is 0.461. The summed E-state index contributed by atoms with van der Waals surface area (Å²) in [5.74, 6) is 2.26. The number of hydrogen-bond acceptors (Lipinski definition) is 3. The van der Waals surface area contributed by atoms with E-state index >= 15 is 0 Å². The van der Waals surface area contributed by atoms with Crippen LogP contribution in [0.2, 0.25) is 0 Å². The molecule has 0 bridgehead atoms. The van der Waals surface area contributed by atoms with E-state index in [1.54, 1.807) is 0 Å². The van der Waals surface area contributed by atoms with Gasteiger partial charge in [-0.2, -0.15) is 0 Å². The Morgan fingerprint density at radius 3 is 1.04 bits per heavy atom. The minimum Gasteiger partial charge on any atom is -0.297 e. The van der Waals surface area contributed by atoms with E-state index in [1.165, 1.54) is 136 Å². The van der Waals surface area contributed by atoms with Crippen molar-refractivity contribution in [1.82, 2.24) is 0 Å². The first kappa shape index (κ1) is 45.7. The Labute approximate surface area is 351 Å². The molecule has 0 saturated heterocycles. The molecule has 0 aliphatic heterocycles. The number of rotatable bonds is 27. The molecule has 300 valence electrons. The van der Waals surface area contributed by atoms with Crippen LogP contribution in [0.3, 0.4) is 0 Å². The van der Waals surface area contributed by atoms with Crippen LogP contribution < -0.4 is 4.67 Å². The first-order chi connectivity index (χ1) is 26.6. The third-order valence-electron chi connectivity index (χ3n) is 11.4. The highest BCUT2D eigenvalue weighted by Gasteiger charge is 2.31. The van der Waals surface area contributed by atoms with Crippen LogP contribution in [0.1, 0.15) is 167 Å². The van der Waals surface area contributed by atoms with Crippen molar-refractivity contribution in [3.05, 3.63) is 131 Å². The molecule has 1 nitrogen and oxygen atoms in total. The summed E-state index contributed by atoms with van der Waals surface area (Å²) in [5.41, 5.74) is 7.59. The number of unbranched alkanes of at least 4 members (excludes halogenated alkanes) is 14. The molecular weight excluding hydrogens is 742 g/mol. The lowest BCUT2D eigenvalue weighted by atomic mass is 9.78. The van der Waals surface area contributed by atoms with E-state index in [1.807, 2.05) is 0 Å². The lowest BCUT2D eigenvalue weighted by Crippen LogP contribution is -2.19. The molecule has 5 heteroatoms. The van der Waals surface area contributed by atoms with Crippen LogP contribution >= 0.6 is 27.4 Å². The molecule has 0 atom stereocenters. The fourth-order valence-electron chi connectivity index (χ4n) is 7.50. The quantitative estimate of drug-likeness (QED) is 0.0436. The average Bonchev–Trinajstić information content (AvgIpc) is 3.21. The molecule has 0 radical (unpaired) electrons. The molecule has 0 aromatic heterocycles. The minimum absolute atomic E-state index is 0.0912. The van der Waals surface area contributed by atoms with Gasteiger partial charge >= 0.3 is 0 Å². The van der Waals surface area contributed by atoms with Gasteiger partial charge in [-0.3, -0.25) is 4.67 Å². The molecule has 0 aliphatic carbocycles. The number of hydrogen-bond donors (Lipinski definition) is 0. The van der Waals surface area contributed by atoms with Crippen LogP contribution in [0.4, 0.5) is 11.4 Å². The first-order valence-electron chi connectivity index (χ1n) is 21.7. The highest BCUT2D eigenvalue weighted by atomic mass is 33.2. The molecule has 4 aromatic carbocycles. The predicted molar refractivity (Wildman–Crippen MR) is 257 cm³/mol. The maximum absolute atomic E-state index is 7.01. The number of anilines is 2. The van der Waals surface area contributed by atoms with Gasteiger partial charge in [0.25, 0.3) is 0 Å². The van der Waals surface area contributed by atoms with Gasteiger partial charge in [-0.1, -0.05) is 251 Å². The predicted octanol–water partition coefficient (Wildman–Crippen LogP) is 17.4. The lowest BCUT2D eigenvalue weighted by Gasteiger charge is -2.37. The molecular formula is C50H72NPS3. The van der Waals surface area contributed by atoms with Gasteiger partial charge in [0, 0.05) is 33.7 Å².